The molecular formula is C19H23N5O2S. The van der Waals surface area contributed by atoms with E-state index in [1.54, 1.807) is 6.07 Å². The maximum absolute atomic E-state index is 12.2. The molecule has 0 spiro atoms. The second-order valence-electron chi connectivity index (χ2n) is 7.34. The molecule has 3 rings (SSSR count). The van der Waals surface area contributed by atoms with Gasteiger partial charge in [0.05, 0.1) is 11.4 Å². The van der Waals surface area contributed by atoms with E-state index in [1.807, 2.05) is 63.6 Å². The number of nitrogens with zero attached hydrogens (tertiary/aromatic N) is 4. The Hall–Kier alpha value is -2.61. The smallest absolute Gasteiger partial charge is 0.237 e. The molecule has 2 aromatic heterocycles. The zero-order valence-corrected chi connectivity index (χ0v) is 16.9. The molecule has 0 atom stereocenters. The first kappa shape index (κ1) is 19.2. The van der Waals surface area contributed by atoms with Gasteiger partial charge in [0.1, 0.15) is 0 Å². The number of hydrogen-bond acceptors (Lipinski definition) is 6. The van der Waals surface area contributed by atoms with Crippen LogP contribution < -0.4 is 5.32 Å². The summed E-state index contributed by atoms with van der Waals surface area (Å²) in [5, 5.41) is 15.9. The largest absolute Gasteiger partial charge is 0.338 e. The number of thioether (sulfide) groups is 1. The molecule has 3 aromatic rings. The van der Waals surface area contributed by atoms with Gasteiger partial charge >= 0.3 is 0 Å². The molecule has 1 amide bonds. The van der Waals surface area contributed by atoms with E-state index in [9.17, 15) is 4.79 Å². The molecule has 7 nitrogen and oxygen atoms in total. The fourth-order valence-electron chi connectivity index (χ4n) is 2.49. The zero-order chi connectivity index (χ0) is 19.6. The molecule has 0 bridgehead atoms. The van der Waals surface area contributed by atoms with E-state index in [2.05, 4.69) is 20.7 Å². The standard InChI is InChI=1S/C19H23N5O2S/c1-12-8-6-7-9-13(12)17-21-22-18(24(17)5)27-11-15(25)20-16-10-14(23-26-16)19(2,3)4/h6-10H,11H2,1-5H3,(H,20,25). The lowest BCUT2D eigenvalue weighted by Crippen LogP contribution is -2.14. The molecule has 0 unspecified atom stereocenters. The van der Waals surface area contributed by atoms with E-state index in [0.29, 0.717) is 11.0 Å². The summed E-state index contributed by atoms with van der Waals surface area (Å²) in [4.78, 5) is 12.2. The summed E-state index contributed by atoms with van der Waals surface area (Å²) in [5.74, 6) is 1.15. The Labute approximate surface area is 162 Å². The molecule has 1 N–H and O–H groups in total. The van der Waals surface area contributed by atoms with Crippen LogP contribution in [0.1, 0.15) is 32.0 Å². The Balaban J connectivity index is 1.63. The van der Waals surface area contributed by atoms with Gasteiger partial charge in [-0.25, -0.2) is 0 Å². The minimum Gasteiger partial charge on any atom is -0.338 e. The van der Waals surface area contributed by atoms with Gasteiger partial charge in [0.25, 0.3) is 0 Å². The molecule has 27 heavy (non-hydrogen) atoms. The first-order valence-corrected chi connectivity index (χ1v) is 9.59. The number of aryl methyl sites for hydroxylation is 1. The van der Waals surface area contributed by atoms with Gasteiger partial charge in [-0.2, -0.15) is 0 Å². The van der Waals surface area contributed by atoms with Crippen LogP contribution in [0.15, 0.2) is 40.0 Å². The molecule has 0 radical (unpaired) electrons. The maximum Gasteiger partial charge on any atom is 0.237 e. The fraction of sp³-hybridized carbons (Fsp3) is 0.368. The zero-order valence-electron chi connectivity index (χ0n) is 16.1. The van der Waals surface area contributed by atoms with Gasteiger partial charge in [-0.05, 0) is 12.5 Å². The van der Waals surface area contributed by atoms with Gasteiger partial charge in [-0.15, -0.1) is 10.2 Å². The summed E-state index contributed by atoms with van der Waals surface area (Å²) in [6.07, 6.45) is 0. The van der Waals surface area contributed by atoms with Crippen molar-refractivity contribution in [2.24, 2.45) is 7.05 Å². The van der Waals surface area contributed by atoms with Crippen molar-refractivity contribution in [2.75, 3.05) is 11.1 Å². The van der Waals surface area contributed by atoms with Gasteiger partial charge in [-0.3, -0.25) is 10.1 Å². The van der Waals surface area contributed by atoms with Crippen LogP contribution in [0.3, 0.4) is 0 Å². The maximum atomic E-state index is 12.2. The second kappa shape index (κ2) is 7.56. The van der Waals surface area contributed by atoms with E-state index in [4.69, 9.17) is 4.52 Å². The first-order chi connectivity index (χ1) is 12.8. The van der Waals surface area contributed by atoms with Crippen LogP contribution in [0.25, 0.3) is 11.4 Å². The number of benzene rings is 1. The van der Waals surface area contributed by atoms with Gasteiger partial charge in [-0.1, -0.05) is 62.0 Å². The number of carbonyl (C=O) groups excluding carboxylic acids is 1. The molecule has 1 aromatic carbocycles. The quantitative estimate of drug-likeness (QED) is 0.672. The monoisotopic (exact) mass is 385 g/mol. The predicted octanol–water partition coefficient (Wildman–Crippen LogP) is 3.81. The Bertz CT molecular complexity index is 955. The first-order valence-electron chi connectivity index (χ1n) is 8.61. The Kier molecular flexibility index (Phi) is 5.36. The van der Waals surface area contributed by atoms with Crippen molar-refractivity contribution < 1.29 is 9.32 Å². The number of amides is 1. The van der Waals surface area contributed by atoms with Crippen LogP contribution in [0.5, 0.6) is 0 Å². The average molecular weight is 385 g/mol. The van der Waals surface area contributed by atoms with E-state index >= 15 is 0 Å². The third-order valence-electron chi connectivity index (χ3n) is 4.09. The summed E-state index contributed by atoms with van der Waals surface area (Å²) in [6.45, 7) is 8.14. The van der Waals surface area contributed by atoms with E-state index in [0.717, 1.165) is 22.6 Å². The molecular weight excluding hydrogens is 362 g/mol. The second-order valence-corrected chi connectivity index (χ2v) is 8.29. The molecule has 2 heterocycles. The number of anilines is 1. The number of nitrogens with one attached hydrogen (secondary N) is 1. The van der Waals surface area contributed by atoms with Crippen LogP contribution in [0, 0.1) is 6.92 Å². The summed E-state index contributed by atoms with van der Waals surface area (Å²) < 4.78 is 7.08. The summed E-state index contributed by atoms with van der Waals surface area (Å²) >= 11 is 1.32. The lowest BCUT2D eigenvalue weighted by Gasteiger charge is -2.12. The Morgan fingerprint density at radius 2 is 2.00 bits per heavy atom. The van der Waals surface area contributed by atoms with E-state index < -0.39 is 0 Å². The third-order valence-corrected chi connectivity index (χ3v) is 5.11. The van der Waals surface area contributed by atoms with Crippen molar-refractivity contribution in [3.63, 3.8) is 0 Å². The fourth-order valence-corrected chi connectivity index (χ4v) is 3.20. The van der Waals surface area contributed by atoms with Gasteiger partial charge in [0.2, 0.25) is 11.8 Å². The van der Waals surface area contributed by atoms with E-state index in [1.165, 1.54) is 11.8 Å². The molecule has 0 aliphatic heterocycles. The van der Waals surface area contributed by atoms with Crippen molar-refractivity contribution in [3.05, 3.63) is 41.6 Å². The highest BCUT2D eigenvalue weighted by Gasteiger charge is 2.20. The number of aromatic nitrogens is 4. The molecule has 0 saturated carbocycles. The summed E-state index contributed by atoms with van der Waals surface area (Å²) in [5.41, 5.74) is 2.82. The topological polar surface area (TPSA) is 85.8 Å². The Morgan fingerprint density at radius 1 is 1.26 bits per heavy atom. The minimum absolute atomic E-state index is 0.133. The molecule has 142 valence electrons. The van der Waals surface area contributed by atoms with Crippen LogP contribution in [0.2, 0.25) is 0 Å². The molecule has 0 fully saturated rings. The molecule has 0 aliphatic carbocycles. The van der Waals surface area contributed by atoms with E-state index in [-0.39, 0.29) is 17.1 Å². The number of carbonyl (C=O) groups is 1. The highest BCUT2D eigenvalue weighted by molar-refractivity contribution is 7.99. The van der Waals surface area contributed by atoms with Crippen molar-refractivity contribution >= 4 is 23.6 Å². The number of rotatable bonds is 5. The summed E-state index contributed by atoms with van der Waals surface area (Å²) in [6, 6.07) is 9.76. The van der Waals surface area contributed by atoms with Crippen LogP contribution in [-0.4, -0.2) is 31.6 Å². The van der Waals surface area contributed by atoms with Crippen molar-refractivity contribution in [1.29, 1.82) is 0 Å². The molecule has 0 aliphatic rings. The van der Waals surface area contributed by atoms with Crippen LogP contribution in [-0.2, 0) is 17.3 Å². The lowest BCUT2D eigenvalue weighted by atomic mass is 9.92. The van der Waals surface area contributed by atoms with Crippen LogP contribution in [0.4, 0.5) is 5.88 Å². The van der Waals surface area contributed by atoms with Gasteiger partial charge in [0, 0.05) is 24.1 Å². The normalized spacial score (nSPS) is 11.6. The van der Waals surface area contributed by atoms with Crippen molar-refractivity contribution in [2.45, 2.75) is 38.3 Å². The average Bonchev–Trinajstić information content (AvgIpc) is 3.20. The van der Waals surface area contributed by atoms with Gasteiger partial charge in [0.15, 0.2) is 11.0 Å². The summed E-state index contributed by atoms with van der Waals surface area (Å²) in [7, 11) is 1.90. The highest BCUT2D eigenvalue weighted by Crippen LogP contribution is 2.26. The number of hydrogen-bond donors (Lipinski definition) is 1. The third kappa shape index (κ3) is 4.39. The minimum atomic E-state index is -0.183. The molecule has 8 heteroatoms. The molecule has 0 saturated heterocycles. The Morgan fingerprint density at radius 3 is 2.67 bits per heavy atom. The van der Waals surface area contributed by atoms with Crippen molar-refractivity contribution in [3.8, 4) is 11.4 Å². The lowest BCUT2D eigenvalue weighted by molar-refractivity contribution is -0.113. The van der Waals surface area contributed by atoms with Crippen LogP contribution >= 0.6 is 11.8 Å². The SMILES string of the molecule is Cc1ccccc1-c1nnc(SCC(=O)Nc2cc(C(C)(C)C)no2)n1C. The highest BCUT2D eigenvalue weighted by atomic mass is 32.2. The van der Waals surface area contributed by atoms with Crippen molar-refractivity contribution in [1.82, 2.24) is 19.9 Å². The van der Waals surface area contributed by atoms with Gasteiger partial charge < -0.3 is 9.09 Å². The predicted molar refractivity (Wildman–Crippen MR) is 106 cm³/mol.